The maximum absolute atomic E-state index is 13.1. The molecule has 1 saturated heterocycles. The lowest BCUT2D eigenvalue weighted by Crippen LogP contribution is -2.47. The zero-order valence-electron chi connectivity index (χ0n) is 9.54. The van der Waals surface area contributed by atoms with E-state index in [0.29, 0.717) is 5.56 Å². The molecule has 0 bridgehead atoms. The van der Waals surface area contributed by atoms with E-state index >= 15 is 0 Å². The summed E-state index contributed by atoms with van der Waals surface area (Å²) in [6.45, 7) is 5.58. The Morgan fingerprint density at radius 3 is 2.69 bits per heavy atom. The van der Waals surface area contributed by atoms with Crippen LogP contribution in [0.3, 0.4) is 0 Å². The number of benzene rings is 1. The molecule has 0 amide bonds. The van der Waals surface area contributed by atoms with Gasteiger partial charge in [0.2, 0.25) is 0 Å². The van der Waals surface area contributed by atoms with Gasteiger partial charge >= 0.3 is 0 Å². The van der Waals surface area contributed by atoms with E-state index in [2.05, 4.69) is 10.2 Å². The summed E-state index contributed by atoms with van der Waals surface area (Å²) in [5.41, 5.74) is 7.81. The van der Waals surface area contributed by atoms with Gasteiger partial charge in [0, 0.05) is 26.2 Å². The number of halogens is 1. The molecule has 1 fully saturated rings. The highest BCUT2D eigenvalue weighted by molar-refractivity contribution is 5.26. The van der Waals surface area contributed by atoms with Crippen LogP contribution < -0.4 is 11.1 Å². The Kier molecular flexibility index (Phi) is 3.53. The summed E-state index contributed by atoms with van der Waals surface area (Å²) in [5, 5.41) is 3.28. The highest BCUT2D eigenvalue weighted by Crippen LogP contribution is 2.18. The third kappa shape index (κ3) is 2.40. The quantitative estimate of drug-likeness (QED) is 0.786. The van der Waals surface area contributed by atoms with Crippen molar-refractivity contribution in [2.45, 2.75) is 13.1 Å². The first-order chi connectivity index (χ1) is 7.68. The summed E-state index contributed by atoms with van der Waals surface area (Å²) in [7, 11) is 0. The van der Waals surface area contributed by atoms with E-state index in [-0.39, 0.29) is 12.0 Å². The average molecular weight is 223 g/mol. The highest BCUT2D eigenvalue weighted by atomic mass is 19.1. The molecule has 1 aliphatic rings. The van der Waals surface area contributed by atoms with E-state index in [0.717, 1.165) is 31.7 Å². The van der Waals surface area contributed by atoms with Crippen LogP contribution in [-0.4, -0.2) is 31.1 Å². The van der Waals surface area contributed by atoms with Crippen molar-refractivity contribution in [1.82, 2.24) is 10.2 Å². The summed E-state index contributed by atoms with van der Waals surface area (Å²) in [6.07, 6.45) is -0.124. The van der Waals surface area contributed by atoms with Gasteiger partial charge in [0.1, 0.15) is 5.82 Å². The zero-order valence-corrected chi connectivity index (χ0v) is 9.54. The molecule has 0 aromatic heterocycles. The van der Waals surface area contributed by atoms with Gasteiger partial charge in [-0.1, -0.05) is 12.1 Å². The number of hydrogen-bond donors (Lipinski definition) is 2. The molecule has 1 atom stereocenters. The summed E-state index contributed by atoms with van der Waals surface area (Å²) in [4.78, 5) is 2.21. The predicted molar refractivity (Wildman–Crippen MR) is 62.5 cm³/mol. The number of piperazine rings is 1. The Morgan fingerprint density at radius 1 is 1.38 bits per heavy atom. The van der Waals surface area contributed by atoms with Gasteiger partial charge in [-0.3, -0.25) is 4.90 Å². The lowest BCUT2D eigenvalue weighted by molar-refractivity contribution is 0.177. The molecule has 1 aromatic carbocycles. The van der Waals surface area contributed by atoms with Crippen LogP contribution in [0.2, 0.25) is 0 Å². The minimum absolute atomic E-state index is 0.124. The van der Waals surface area contributed by atoms with Gasteiger partial charge in [0.15, 0.2) is 0 Å². The first kappa shape index (κ1) is 11.5. The second kappa shape index (κ2) is 4.91. The van der Waals surface area contributed by atoms with Crippen LogP contribution in [0.1, 0.15) is 17.3 Å². The van der Waals surface area contributed by atoms with Crippen molar-refractivity contribution in [1.29, 1.82) is 0 Å². The Morgan fingerprint density at radius 2 is 2.06 bits per heavy atom. The largest absolute Gasteiger partial charge is 0.314 e. The summed E-state index contributed by atoms with van der Waals surface area (Å²) in [6, 6.07) is 5.10. The van der Waals surface area contributed by atoms with Gasteiger partial charge in [0.05, 0.1) is 6.17 Å². The van der Waals surface area contributed by atoms with E-state index in [4.69, 9.17) is 5.73 Å². The number of nitrogens with one attached hydrogen (secondary N) is 1. The first-order valence-corrected chi connectivity index (χ1v) is 5.65. The topological polar surface area (TPSA) is 41.3 Å². The molecule has 0 aliphatic carbocycles. The lowest BCUT2D eigenvalue weighted by atomic mass is 10.1. The Bertz CT molecular complexity index is 361. The van der Waals surface area contributed by atoms with E-state index in [1.807, 2.05) is 6.07 Å². The minimum Gasteiger partial charge on any atom is -0.314 e. The Labute approximate surface area is 95.4 Å². The van der Waals surface area contributed by atoms with Crippen LogP contribution in [0.25, 0.3) is 0 Å². The van der Waals surface area contributed by atoms with Crippen molar-refractivity contribution in [3.63, 3.8) is 0 Å². The zero-order chi connectivity index (χ0) is 11.5. The van der Waals surface area contributed by atoms with Crippen LogP contribution in [0.5, 0.6) is 0 Å². The molecule has 1 aromatic rings. The molecule has 1 heterocycles. The second-order valence-corrected chi connectivity index (χ2v) is 4.24. The number of hydrogen-bond acceptors (Lipinski definition) is 3. The minimum atomic E-state index is -0.170. The van der Waals surface area contributed by atoms with Crippen molar-refractivity contribution >= 4 is 0 Å². The molecule has 1 unspecified atom stereocenters. The average Bonchev–Trinajstić information content (AvgIpc) is 2.33. The Balaban J connectivity index is 2.12. The molecule has 1 aliphatic heterocycles. The maximum Gasteiger partial charge on any atom is 0.126 e. The smallest absolute Gasteiger partial charge is 0.126 e. The van der Waals surface area contributed by atoms with Crippen LogP contribution in [0, 0.1) is 12.7 Å². The summed E-state index contributed by atoms with van der Waals surface area (Å²) < 4.78 is 13.1. The molecule has 0 spiro atoms. The predicted octanol–water partition coefficient (Wildman–Crippen LogP) is 0.997. The second-order valence-electron chi connectivity index (χ2n) is 4.24. The number of rotatable bonds is 2. The number of nitrogens with zero attached hydrogens (tertiary/aromatic N) is 1. The lowest BCUT2D eigenvalue weighted by Gasteiger charge is -2.32. The number of nitrogens with two attached hydrogens (primary N) is 1. The third-order valence-corrected chi connectivity index (χ3v) is 3.07. The van der Waals surface area contributed by atoms with Gasteiger partial charge in [-0.25, -0.2) is 4.39 Å². The van der Waals surface area contributed by atoms with E-state index in [1.165, 1.54) is 6.07 Å². The Hall–Kier alpha value is -0.970. The summed E-state index contributed by atoms with van der Waals surface area (Å²) >= 11 is 0. The number of aryl methyl sites for hydroxylation is 1. The molecule has 0 saturated carbocycles. The molecule has 88 valence electrons. The standard InChI is InChI=1S/C12H18FN3/c1-9-8-10(2-3-11(9)13)12(14)16-6-4-15-5-7-16/h2-3,8,12,15H,4-7,14H2,1H3. The van der Waals surface area contributed by atoms with Crippen molar-refractivity contribution in [3.8, 4) is 0 Å². The van der Waals surface area contributed by atoms with Crippen LogP contribution in [0.4, 0.5) is 4.39 Å². The fraction of sp³-hybridized carbons (Fsp3) is 0.500. The summed E-state index contributed by atoms with van der Waals surface area (Å²) in [5.74, 6) is -0.170. The molecular formula is C12H18FN3. The van der Waals surface area contributed by atoms with Gasteiger partial charge < -0.3 is 11.1 Å². The fourth-order valence-corrected chi connectivity index (χ4v) is 2.02. The highest BCUT2D eigenvalue weighted by Gasteiger charge is 2.18. The van der Waals surface area contributed by atoms with Gasteiger partial charge in [-0.05, 0) is 24.1 Å². The molecule has 3 N–H and O–H groups in total. The first-order valence-electron chi connectivity index (χ1n) is 5.65. The normalized spacial score (nSPS) is 19.7. The van der Waals surface area contributed by atoms with Crippen molar-refractivity contribution in [2.24, 2.45) is 5.73 Å². The van der Waals surface area contributed by atoms with Crippen LogP contribution in [-0.2, 0) is 0 Å². The molecular weight excluding hydrogens is 205 g/mol. The van der Waals surface area contributed by atoms with Gasteiger partial charge in [-0.2, -0.15) is 0 Å². The fourth-order valence-electron chi connectivity index (χ4n) is 2.02. The van der Waals surface area contributed by atoms with Gasteiger partial charge in [0.25, 0.3) is 0 Å². The molecule has 0 radical (unpaired) electrons. The van der Waals surface area contributed by atoms with Crippen LogP contribution in [0.15, 0.2) is 18.2 Å². The van der Waals surface area contributed by atoms with E-state index in [9.17, 15) is 4.39 Å². The molecule has 2 rings (SSSR count). The van der Waals surface area contributed by atoms with Crippen LogP contribution >= 0.6 is 0 Å². The molecule has 4 heteroatoms. The van der Waals surface area contributed by atoms with Crippen molar-refractivity contribution in [2.75, 3.05) is 26.2 Å². The van der Waals surface area contributed by atoms with Crippen molar-refractivity contribution < 1.29 is 4.39 Å². The third-order valence-electron chi connectivity index (χ3n) is 3.07. The van der Waals surface area contributed by atoms with Gasteiger partial charge in [-0.15, -0.1) is 0 Å². The monoisotopic (exact) mass is 223 g/mol. The molecule has 16 heavy (non-hydrogen) atoms. The molecule has 3 nitrogen and oxygen atoms in total. The van der Waals surface area contributed by atoms with E-state index in [1.54, 1.807) is 13.0 Å². The van der Waals surface area contributed by atoms with E-state index < -0.39 is 0 Å². The van der Waals surface area contributed by atoms with Crippen molar-refractivity contribution in [3.05, 3.63) is 35.1 Å². The maximum atomic E-state index is 13.1. The SMILES string of the molecule is Cc1cc(C(N)N2CCNCC2)ccc1F.